The second-order valence-corrected chi connectivity index (χ2v) is 6.87. The third-order valence-electron chi connectivity index (χ3n) is 4.60. The molecule has 0 bridgehead atoms. The standard InChI is InChI=1S/C17H24N4O2.2ClH/c1-17(18)9-5-4-6-12(17)15(22)19-11-7-8-14-13(10-11)20-16(23-14)21(2)3;;/h7-8,10,12H,4-6,9,18H2,1-3H3,(H,19,22);2*1H. The van der Waals surface area contributed by atoms with Gasteiger partial charge in [-0.15, -0.1) is 24.8 Å². The van der Waals surface area contributed by atoms with Crippen LogP contribution < -0.4 is 16.0 Å². The number of rotatable bonds is 3. The van der Waals surface area contributed by atoms with Crippen molar-refractivity contribution in [3.63, 3.8) is 0 Å². The number of amides is 1. The van der Waals surface area contributed by atoms with E-state index in [-0.39, 0.29) is 36.6 Å². The zero-order valence-electron chi connectivity index (χ0n) is 14.7. The van der Waals surface area contributed by atoms with Gasteiger partial charge in [0.2, 0.25) is 5.91 Å². The molecular weight excluding hydrogens is 363 g/mol. The topological polar surface area (TPSA) is 84.4 Å². The van der Waals surface area contributed by atoms with Gasteiger partial charge in [-0.1, -0.05) is 12.8 Å². The lowest BCUT2D eigenvalue weighted by Crippen LogP contribution is -2.51. The minimum absolute atomic E-state index is 0. The maximum absolute atomic E-state index is 12.6. The zero-order valence-corrected chi connectivity index (χ0v) is 16.4. The Hall–Kier alpha value is -1.50. The van der Waals surface area contributed by atoms with Crippen LogP contribution in [0, 0.1) is 5.92 Å². The molecule has 0 aliphatic heterocycles. The minimum Gasteiger partial charge on any atom is -0.423 e. The Morgan fingerprint density at radius 3 is 2.72 bits per heavy atom. The van der Waals surface area contributed by atoms with Gasteiger partial charge in [-0.05, 0) is 38.0 Å². The Morgan fingerprint density at radius 2 is 2.08 bits per heavy atom. The molecule has 0 spiro atoms. The van der Waals surface area contributed by atoms with E-state index >= 15 is 0 Å². The molecule has 1 aliphatic carbocycles. The van der Waals surface area contributed by atoms with Crippen molar-refractivity contribution in [3.05, 3.63) is 18.2 Å². The van der Waals surface area contributed by atoms with Crippen LogP contribution in [0.4, 0.5) is 11.7 Å². The summed E-state index contributed by atoms with van der Waals surface area (Å²) in [6, 6.07) is 6.04. The predicted molar refractivity (Wildman–Crippen MR) is 106 cm³/mol. The highest BCUT2D eigenvalue weighted by Gasteiger charge is 2.37. The fourth-order valence-corrected chi connectivity index (χ4v) is 3.20. The second kappa shape index (κ2) is 8.25. The van der Waals surface area contributed by atoms with Crippen LogP contribution in [0.25, 0.3) is 11.1 Å². The normalized spacial score (nSPS) is 22.6. The summed E-state index contributed by atoms with van der Waals surface area (Å²) < 4.78 is 5.62. The lowest BCUT2D eigenvalue weighted by Gasteiger charge is -2.37. The van der Waals surface area contributed by atoms with E-state index in [9.17, 15) is 4.79 Å². The van der Waals surface area contributed by atoms with Crippen LogP contribution in [0.3, 0.4) is 0 Å². The van der Waals surface area contributed by atoms with Crippen molar-refractivity contribution in [2.75, 3.05) is 24.3 Å². The van der Waals surface area contributed by atoms with Gasteiger partial charge in [0.1, 0.15) is 5.52 Å². The Balaban J connectivity index is 0.00000156. The Kier molecular flexibility index (Phi) is 7.11. The fourth-order valence-electron chi connectivity index (χ4n) is 3.20. The summed E-state index contributed by atoms with van der Waals surface area (Å²) in [7, 11) is 3.75. The van der Waals surface area contributed by atoms with E-state index in [2.05, 4.69) is 10.3 Å². The van der Waals surface area contributed by atoms with Crippen LogP contribution in [0.2, 0.25) is 0 Å². The maximum atomic E-state index is 12.6. The number of nitrogens with zero attached hydrogens (tertiary/aromatic N) is 2. The molecule has 2 unspecified atom stereocenters. The second-order valence-electron chi connectivity index (χ2n) is 6.87. The first-order valence-corrected chi connectivity index (χ1v) is 8.04. The molecule has 3 rings (SSSR count). The molecule has 140 valence electrons. The van der Waals surface area contributed by atoms with Gasteiger partial charge in [-0.25, -0.2) is 0 Å². The van der Waals surface area contributed by atoms with E-state index in [1.807, 2.05) is 39.2 Å². The number of benzene rings is 1. The summed E-state index contributed by atoms with van der Waals surface area (Å²) in [5.41, 5.74) is 8.03. The smallest absolute Gasteiger partial charge is 0.297 e. The number of nitrogens with one attached hydrogen (secondary N) is 1. The average molecular weight is 389 g/mol. The van der Waals surface area contributed by atoms with Gasteiger partial charge in [-0.2, -0.15) is 4.98 Å². The monoisotopic (exact) mass is 388 g/mol. The molecule has 0 saturated heterocycles. The van der Waals surface area contributed by atoms with Gasteiger partial charge in [0.15, 0.2) is 5.58 Å². The molecule has 1 amide bonds. The van der Waals surface area contributed by atoms with Gasteiger partial charge in [0.25, 0.3) is 6.01 Å². The van der Waals surface area contributed by atoms with Crippen LogP contribution in [0.5, 0.6) is 0 Å². The number of halogens is 2. The van der Waals surface area contributed by atoms with Crippen molar-refractivity contribution < 1.29 is 9.21 Å². The van der Waals surface area contributed by atoms with Crippen molar-refractivity contribution in [2.45, 2.75) is 38.1 Å². The van der Waals surface area contributed by atoms with E-state index in [4.69, 9.17) is 10.2 Å². The number of hydrogen-bond acceptors (Lipinski definition) is 5. The third-order valence-corrected chi connectivity index (χ3v) is 4.60. The van der Waals surface area contributed by atoms with Gasteiger partial charge in [0, 0.05) is 25.3 Å². The van der Waals surface area contributed by atoms with Crippen molar-refractivity contribution >= 4 is 53.5 Å². The number of fused-ring (bicyclic) bond motifs is 1. The highest BCUT2D eigenvalue weighted by molar-refractivity contribution is 5.95. The van der Waals surface area contributed by atoms with Gasteiger partial charge < -0.3 is 20.4 Å². The fraction of sp³-hybridized carbons (Fsp3) is 0.529. The van der Waals surface area contributed by atoms with Gasteiger partial charge in [0.05, 0.1) is 5.92 Å². The summed E-state index contributed by atoms with van der Waals surface area (Å²) >= 11 is 0. The summed E-state index contributed by atoms with van der Waals surface area (Å²) in [6.07, 6.45) is 3.88. The first-order chi connectivity index (χ1) is 10.9. The highest BCUT2D eigenvalue weighted by Crippen LogP contribution is 2.33. The molecule has 0 radical (unpaired) electrons. The number of carbonyl (C=O) groups excluding carboxylic acids is 1. The molecule has 8 heteroatoms. The number of anilines is 2. The summed E-state index contributed by atoms with van der Waals surface area (Å²) in [6.45, 7) is 1.97. The van der Waals surface area contributed by atoms with E-state index in [0.717, 1.165) is 36.9 Å². The van der Waals surface area contributed by atoms with Crippen molar-refractivity contribution in [2.24, 2.45) is 11.7 Å². The van der Waals surface area contributed by atoms with Crippen molar-refractivity contribution in [1.82, 2.24) is 4.98 Å². The van der Waals surface area contributed by atoms with E-state index in [1.54, 1.807) is 4.90 Å². The van der Waals surface area contributed by atoms with E-state index < -0.39 is 5.54 Å². The van der Waals surface area contributed by atoms with Crippen LogP contribution in [0.15, 0.2) is 22.6 Å². The van der Waals surface area contributed by atoms with Gasteiger partial charge >= 0.3 is 0 Å². The van der Waals surface area contributed by atoms with Crippen LogP contribution >= 0.6 is 24.8 Å². The van der Waals surface area contributed by atoms with Crippen LogP contribution in [0.1, 0.15) is 32.6 Å². The number of hydrogen-bond donors (Lipinski definition) is 2. The number of oxazole rings is 1. The average Bonchev–Trinajstić information content (AvgIpc) is 2.90. The maximum Gasteiger partial charge on any atom is 0.297 e. The van der Waals surface area contributed by atoms with Crippen molar-refractivity contribution in [1.29, 1.82) is 0 Å². The molecule has 25 heavy (non-hydrogen) atoms. The molecule has 2 aromatic rings. The Morgan fingerprint density at radius 1 is 1.36 bits per heavy atom. The van der Waals surface area contributed by atoms with Crippen molar-refractivity contribution in [3.8, 4) is 0 Å². The minimum atomic E-state index is -0.432. The number of nitrogens with two attached hydrogens (primary N) is 1. The number of aromatic nitrogens is 1. The molecule has 1 aromatic carbocycles. The molecule has 6 nitrogen and oxygen atoms in total. The Bertz CT molecular complexity index is 731. The zero-order chi connectivity index (χ0) is 16.6. The SMILES string of the molecule is CN(C)c1nc2cc(NC(=O)C3CCCCC3(C)N)ccc2o1.Cl.Cl. The van der Waals surface area contributed by atoms with Crippen LogP contribution in [-0.2, 0) is 4.79 Å². The summed E-state index contributed by atoms with van der Waals surface area (Å²) in [4.78, 5) is 18.8. The Labute approximate surface area is 160 Å². The molecule has 1 aromatic heterocycles. The van der Waals surface area contributed by atoms with Crippen LogP contribution in [-0.4, -0.2) is 30.5 Å². The molecule has 1 aliphatic rings. The number of carbonyl (C=O) groups is 1. The first-order valence-electron chi connectivity index (χ1n) is 8.04. The predicted octanol–water partition coefficient (Wildman–Crippen LogP) is 3.58. The van der Waals surface area contributed by atoms with E-state index in [1.165, 1.54) is 0 Å². The molecule has 2 atom stereocenters. The lowest BCUT2D eigenvalue weighted by atomic mass is 9.74. The van der Waals surface area contributed by atoms with E-state index in [0.29, 0.717) is 11.6 Å². The highest BCUT2D eigenvalue weighted by atomic mass is 35.5. The summed E-state index contributed by atoms with van der Waals surface area (Å²) in [5, 5.41) is 2.98. The molecular formula is C17H26Cl2N4O2. The third kappa shape index (κ3) is 4.57. The largest absolute Gasteiger partial charge is 0.423 e. The summed E-state index contributed by atoms with van der Waals surface area (Å²) in [5.74, 6) is -0.160. The quantitative estimate of drug-likeness (QED) is 0.838. The lowest BCUT2D eigenvalue weighted by molar-refractivity contribution is -0.122. The molecule has 1 fully saturated rings. The molecule has 3 N–H and O–H groups in total. The first kappa shape index (κ1) is 21.5. The van der Waals surface area contributed by atoms with Gasteiger partial charge in [-0.3, -0.25) is 4.79 Å². The molecule has 1 saturated carbocycles. The molecule has 1 heterocycles.